The molecule has 0 fully saturated rings. The molecule has 1 atom stereocenters. The van der Waals surface area contributed by atoms with Crippen molar-refractivity contribution in [3.8, 4) is 0 Å². The average molecular weight is 250 g/mol. The lowest BCUT2D eigenvalue weighted by atomic mass is 10.0. The highest BCUT2D eigenvalue weighted by Crippen LogP contribution is 2.36. The van der Waals surface area contributed by atoms with Crippen LogP contribution in [0, 0.1) is 6.92 Å². The number of ketones is 1. The Morgan fingerprint density at radius 3 is 2.88 bits per heavy atom. The lowest BCUT2D eigenvalue weighted by molar-refractivity contribution is -0.119. The van der Waals surface area contributed by atoms with Crippen molar-refractivity contribution in [2.24, 2.45) is 0 Å². The van der Waals surface area contributed by atoms with Gasteiger partial charge >= 0.3 is 0 Å². The van der Waals surface area contributed by atoms with Gasteiger partial charge in [0.15, 0.2) is 5.78 Å². The van der Waals surface area contributed by atoms with Crippen LogP contribution in [0.1, 0.15) is 22.8 Å². The van der Waals surface area contributed by atoms with Crippen molar-refractivity contribution in [1.29, 1.82) is 0 Å². The van der Waals surface area contributed by atoms with E-state index in [1.165, 1.54) is 6.92 Å². The van der Waals surface area contributed by atoms with Gasteiger partial charge in [0.1, 0.15) is 6.04 Å². The maximum Gasteiger partial charge on any atom is 0.217 e. The van der Waals surface area contributed by atoms with Crippen LogP contribution < -0.4 is 11.1 Å². The van der Waals surface area contributed by atoms with Crippen molar-refractivity contribution in [2.45, 2.75) is 24.8 Å². The zero-order chi connectivity index (χ0) is 12.6. The van der Waals surface area contributed by atoms with Gasteiger partial charge in [-0.25, -0.2) is 0 Å². The standard InChI is InChI=1S/C12H14N2O2S/c1-6-3-4-8(13)10-11(16)9(14-7(2)15)5-17-12(6)10/h3-4,9H,5,13H2,1-2H3,(H,14,15). The van der Waals surface area contributed by atoms with Crippen LogP contribution in [0.3, 0.4) is 0 Å². The fourth-order valence-corrected chi connectivity index (χ4v) is 3.14. The molecule has 1 unspecified atom stereocenters. The number of fused-ring (bicyclic) bond motifs is 1. The van der Waals surface area contributed by atoms with E-state index in [4.69, 9.17) is 5.73 Å². The summed E-state index contributed by atoms with van der Waals surface area (Å²) in [6.07, 6.45) is 0. The highest BCUT2D eigenvalue weighted by molar-refractivity contribution is 7.99. The van der Waals surface area contributed by atoms with Gasteiger partial charge in [-0.05, 0) is 18.6 Å². The molecule has 1 amide bonds. The lowest BCUT2D eigenvalue weighted by Crippen LogP contribution is -2.43. The van der Waals surface area contributed by atoms with Crippen molar-refractivity contribution < 1.29 is 9.59 Å². The molecule has 1 aliphatic rings. The largest absolute Gasteiger partial charge is 0.398 e. The molecule has 0 saturated heterocycles. The highest BCUT2D eigenvalue weighted by Gasteiger charge is 2.31. The summed E-state index contributed by atoms with van der Waals surface area (Å²) < 4.78 is 0. The molecule has 3 N–H and O–H groups in total. The Labute approximate surface area is 104 Å². The van der Waals surface area contributed by atoms with Crippen molar-refractivity contribution in [3.63, 3.8) is 0 Å². The summed E-state index contributed by atoms with van der Waals surface area (Å²) in [4.78, 5) is 24.2. The molecule has 0 aliphatic carbocycles. The third kappa shape index (κ3) is 2.15. The number of carbonyl (C=O) groups is 2. The van der Waals surface area contributed by atoms with E-state index in [9.17, 15) is 9.59 Å². The second-order valence-electron chi connectivity index (χ2n) is 4.10. The average Bonchev–Trinajstić information content (AvgIpc) is 2.26. The first-order valence-electron chi connectivity index (χ1n) is 5.34. The van der Waals surface area contributed by atoms with E-state index in [1.54, 1.807) is 17.8 Å². The molecule has 1 aliphatic heterocycles. The molecule has 1 aromatic rings. The fourth-order valence-electron chi connectivity index (χ4n) is 1.91. The Morgan fingerprint density at radius 1 is 1.53 bits per heavy atom. The summed E-state index contributed by atoms with van der Waals surface area (Å²) in [6.45, 7) is 3.37. The number of aryl methyl sites for hydroxylation is 1. The molecule has 0 aromatic heterocycles. The first kappa shape index (κ1) is 12.0. The number of rotatable bonds is 1. The van der Waals surface area contributed by atoms with Gasteiger partial charge in [-0.1, -0.05) is 6.07 Å². The number of benzene rings is 1. The third-order valence-corrected chi connectivity index (χ3v) is 4.04. The van der Waals surface area contributed by atoms with Crippen LogP contribution in [-0.4, -0.2) is 23.5 Å². The minimum absolute atomic E-state index is 0.0878. The molecule has 0 spiro atoms. The topological polar surface area (TPSA) is 72.2 Å². The van der Waals surface area contributed by atoms with Crippen LogP contribution in [-0.2, 0) is 4.79 Å². The van der Waals surface area contributed by atoms with E-state index in [2.05, 4.69) is 5.32 Å². The quantitative estimate of drug-likeness (QED) is 0.738. The molecule has 2 rings (SSSR count). The van der Waals surface area contributed by atoms with Crippen LogP contribution >= 0.6 is 11.8 Å². The highest BCUT2D eigenvalue weighted by atomic mass is 32.2. The maximum atomic E-state index is 12.2. The maximum absolute atomic E-state index is 12.2. The summed E-state index contributed by atoms with van der Waals surface area (Å²) in [5.41, 5.74) is 7.94. The van der Waals surface area contributed by atoms with Gasteiger partial charge in [0.2, 0.25) is 5.91 Å². The van der Waals surface area contributed by atoms with E-state index in [1.807, 2.05) is 13.0 Å². The Hall–Kier alpha value is -1.49. The van der Waals surface area contributed by atoms with Crippen LogP contribution in [0.15, 0.2) is 17.0 Å². The number of hydrogen-bond donors (Lipinski definition) is 2. The fraction of sp³-hybridized carbons (Fsp3) is 0.333. The van der Waals surface area contributed by atoms with E-state index in [0.717, 1.165) is 10.5 Å². The second-order valence-corrected chi connectivity index (χ2v) is 5.13. The summed E-state index contributed by atoms with van der Waals surface area (Å²) in [7, 11) is 0. The van der Waals surface area contributed by atoms with Crippen molar-refractivity contribution >= 4 is 29.1 Å². The number of carbonyl (C=O) groups excluding carboxylic acids is 2. The Morgan fingerprint density at radius 2 is 2.24 bits per heavy atom. The number of hydrogen-bond acceptors (Lipinski definition) is 4. The van der Waals surface area contributed by atoms with E-state index in [-0.39, 0.29) is 11.7 Å². The van der Waals surface area contributed by atoms with E-state index in [0.29, 0.717) is 17.0 Å². The van der Waals surface area contributed by atoms with Crippen LogP contribution in [0.2, 0.25) is 0 Å². The molecule has 1 heterocycles. The van der Waals surface area contributed by atoms with Gasteiger partial charge in [0.05, 0.1) is 5.56 Å². The van der Waals surface area contributed by atoms with Gasteiger partial charge in [-0.3, -0.25) is 9.59 Å². The molecule has 4 nitrogen and oxygen atoms in total. The zero-order valence-corrected chi connectivity index (χ0v) is 10.6. The summed E-state index contributed by atoms with van der Waals surface area (Å²) in [5, 5.41) is 2.65. The minimum atomic E-state index is -0.464. The predicted molar refractivity (Wildman–Crippen MR) is 68.3 cm³/mol. The van der Waals surface area contributed by atoms with Gasteiger partial charge in [-0.15, -0.1) is 11.8 Å². The third-order valence-electron chi connectivity index (χ3n) is 2.72. The van der Waals surface area contributed by atoms with Crippen LogP contribution in [0.5, 0.6) is 0 Å². The molecule has 0 bridgehead atoms. The number of amides is 1. The van der Waals surface area contributed by atoms with Gasteiger partial charge in [0.25, 0.3) is 0 Å². The van der Waals surface area contributed by atoms with Crippen molar-refractivity contribution in [2.75, 3.05) is 11.5 Å². The Kier molecular flexibility index (Phi) is 3.11. The first-order valence-corrected chi connectivity index (χ1v) is 6.32. The van der Waals surface area contributed by atoms with Gasteiger partial charge in [-0.2, -0.15) is 0 Å². The van der Waals surface area contributed by atoms with Crippen molar-refractivity contribution in [1.82, 2.24) is 5.32 Å². The molecule has 1 aromatic carbocycles. The van der Waals surface area contributed by atoms with Gasteiger partial charge in [0, 0.05) is 23.3 Å². The number of Topliss-reactive ketones (excluding diaryl/α,β-unsaturated/α-hetero) is 1. The lowest BCUT2D eigenvalue weighted by Gasteiger charge is -2.25. The number of thioether (sulfide) groups is 1. The molecule has 0 radical (unpaired) electrons. The predicted octanol–water partition coefficient (Wildman–Crippen LogP) is 1.37. The molecule has 90 valence electrons. The number of nitrogens with one attached hydrogen (secondary N) is 1. The van der Waals surface area contributed by atoms with Gasteiger partial charge < -0.3 is 11.1 Å². The Bertz CT molecular complexity index is 500. The first-order chi connectivity index (χ1) is 8.00. The number of nitrogen functional groups attached to an aromatic ring is 1. The second kappa shape index (κ2) is 4.41. The summed E-state index contributed by atoms with van der Waals surface area (Å²) in [5.74, 6) is 0.282. The summed E-state index contributed by atoms with van der Waals surface area (Å²) >= 11 is 1.57. The molecular weight excluding hydrogens is 236 g/mol. The zero-order valence-electron chi connectivity index (χ0n) is 9.74. The van der Waals surface area contributed by atoms with Crippen LogP contribution in [0.4, 0.5) is 5.69 Å². The monoisotopic (exact) mass is 250 g/mol. The van der Waals surface area contributed by atoms with Crippen molar-refractivity contribution in [3.05, 3.63) is 23.3 Å². The molecule has 17 heavy (non-hydrogen) atoms. The molecule has 5 heteroatoms. The number of nitrogens with two attached hydrogens (primary N) is 1. The Balaban J connectivity index is 2.41. The summed E-state index contributed by atoms with van der Waals surface area (Å²) in [6, 6.07) is 3.18. The normalized spacial score (nSPS) is 18.7. The minimum Gasteiger partial charge on any atom is -0.398 e. The van der Waals surface area contributed by atoms with Crippen LogP contribution in [0.25, 0.3) is 0 Å². The molecular formula is C12H14N2O2S. The molecule has 0 saturated carbocycles. The number of anilines is 1. The van der Waals surface area contributed by atoms with E-state index >= 15 is 0 Å². The van der Waals surface area contributed by atoms with E-state index < -0.39 is 6.04 Å². The SMILES string of the molecule is CC(=O)NC1CSc2c(C)ccc(N)c2C1=O. The smallest absolute Gasteiger partial charge is 0.217 e.